The first-order chi connectivity index (χ1) is 15.0. The molecule has 158 valence electrons. The van der Waals surface area contributed by atoms with Gasteiger partial charge in [-0.3, -0.25) is 9.36 Å². The summed E-state index contributed by atoms with van der Waals surface area (Å²) >= 11 is 0. The molecule has 2 heterocycles. The van der Waals surface area contributed by atoms with Gasteiger partial charge in [-0.15, -0.1) is 0 Å². The van der Waals surface area contributed by atoms with E-state index < -0.39 is 5.91 Å². The lowest BCUT2D eigenvalue weighted by atomic mass is 10.1. The predicted octanol–water partition coefficient (Wildman–Crippen LogP) is 3.98. The maximum atomic E-state index is 13.5. The number of nitrogens with one attached hydrogen (secondary N) is 1. The van der Waals surface area contributed by atoms with E-state index in [9.17, 15) is 9.18 Å². The molecule has 0 radical (unpaired) electrons. The van der Waals surface area contributed by atoms with Crippen LogP contribution in [-0.2, 0) is 6.54 Å². The molecule has 0 unspecified atom stereocenters. The Balaban J connectivity index is 1.76. The average molecular weight is 419 g/mol. The summed E-state index contributed by atoms with van der Waals surface area (Å²) in [5.74, 6) is 0.609. The smallest absolute Gasteiger partial charge is 0.249 e. The van der Waals surface area contributed by atoms with Crippen LogP contribution in [0, 0.1) is 12.7 Å². The fourth-order valence-corrected chi connectivity index (χ4v) is 3.53. The van der Waals surface area contributed by atoms with Crippen molar-refractivity contribution in [3.63, 3.8) is 0 Å². The van der Waals surface area contributed by atoms with Crippen molar-refractivity contribution in [2.24, 2.45) is 5.73 Å². The molecule has 7 nitrogen and oxygen atoms in total. The zero-order valence-corrected chi connectivity index (χ0v) is 17.2. The van der Waals surface area contributed by atoms with Gasteiger partial charge in [-0.05, 0) is 49.7 Å². The summed E-state index contributed by atoms with van der Waals surface area (Å²) in [4.78, 5) is 20.9. The number of hydrogen-bond donors (Lipinski definition) is 2. The first-order valence-corrected chi connectivity index (χ1v) is 9.87. The number of primary amides is 1. The Bertz CT molecular complexity index is 1270. The van der Waals surface area contributed by atoms with Gasteiger partial charge in [-0.2, -0.15) is 4.98 Å². The van der Waals surface area contributed by atoms with E-state index in [0.717, 1.165) is 22.2 Å². The minimum Gasteiger partial charge on any atom is -0.488 e. The van der Waals surface area contributed by atoms with E-state index in [-0.39, 0.29) is 5.82 Å². The first kappa shape index (κ1) is 20.3. The van der Waals surface area contributed by atoms with Gasteiger partial charge < -0.3 is 15.8 Å². The molecule has 0 saturated carbocycles. The number of nitrogens with two attached hydrogens (primary N) is 1. The Kier molecular flexibility index (Phi) is 5.53. The number of carbonyl (C=O) groups is 1. The number of aryl methyl sites for hydroxylation is 1. The second-order valence-electron chi connectivity index (χ2n) is 7.02. The van der Waals surface area contributed by atoms with Crippen molar-refractivity contribution >= 4 is 22.6 Å². The van der Waals surface area contributed by atoms with Gasteiger partial charge in [0.2, 0.25) is 11.9 Å². The Morgan fingerprint density at radius 1 is 1.23 bits per heavy atom. The summed E-state index contributed by atoms with van der Waals surface area (Å²) in [6.07, 6.45) is 1.60. The molecule has 0 atom stereocenters. The number of fused-ring (bicyclic) bond motifs is 1. The van der Waals surface area contributed by atoms with Crippen LogP contribution in [0.1, 0.15) is 28.5 Å². The van der Waals surface area contributed by atoms with Crippen LogP contribution in [-0.4, -0.2) is 27.0 Å². The quantitative estimate of drug-likeness (QED) is 0.473. The second-order valence-corrected chi connectivity index (χ2v) is 7.02. The Hall–Kier alpha value is -3.94. The maximum Gasteiger partial charge on any atom is 0.249 e. The van der Waals surface area contributed by atoms with Crippen LogP contribution in [0.2, 0.25) is 0 Å². The number of anilines is 1. The van der Waals surface area contributed by atoms with Gasteiger partial charge in [0, 0.05) is 23.2 Å². The van der Waals surface area contributed by atoms with E-state index in [4.69, 9.17) is 10.5 Å². The predicted molar refractivity (Wildman–Crippen MR) is 117 cm³/mol. The molecule has 0 aliphatic rings. The summed E-state index contributed by atoms with van der Waals surface area (Å²) < 4.78 is 21.0. The van der Waals surface area contributed by atoms with E-state index in [1.807, 2.05) is 36.6 Å². The molecule has 0 spiro atoms. The van der Waals surface area contributed by atoms with Crippen LogP contribution in [0.4, 0.5) is 10.2 Å². The van der Waals surface area contributed by atoms with Gasteiger partial charge in [0.15, 0.2) is 11.6 Å². The summed E-state index contributed by atoms with van der Waals surface area (Å²) in [5.41, 5.74) is 8.37. The number of nitrogens with zero attached hydrogens (tertiary/aromatic N) is 3. The minimum absolute atomic E-state index is 0.299. The molecule has 4 aromatic rings. The molecule has 8 heteroatoms. The highest BCUT2D eigenvalue weighted by molar-refractivity contribution is 6.06. The highest BCUT2D eigenvalue weighted by Gasteiger charge is 2.17. The molecule has 4 rings (SSSR count). The van der Waals surface area contributed by atoms with Crippen LogP contribution in [0.25, 0.3) is 16.9 Å². The van der Waals surface area contributed by atoms with Gasteiger partial charge in [0.1, 0.15) is 5.82 Å². The molecule has 0 aliphatic heterocycles. The molecule has 2 aromatic carbocycles. The molecule has 0 aliphatic carbocycles. The number of hydrogen-bond acceptors (Lipinski definition) is 5. The molecule has 0 saturated heterocycles. The number of halogens is 1. The Morgan fingerprint density at radius 3 is 2.77 bits per heavy atom. The molecule has 31 heavy (non-hydrogen) atoms. The van der Waals surface area contributed by atoms with Crippen molar-refractivity contribution in [3.05, 3.63) is 77.4 Å². The third-order valence-corrected chi connectivity index (χ3v) is 4.89. The van der Waals surface area contributed by atoms with Crippen molar-refractivity contribution in [1.29, 1.82) is 0 Å². The van der Waals surface area contributed by atoms with E-state index in [1.165, 1.54) is 12.1 Å². The molecule has 3 N–H and O–H groups in total. The fourth-order valence-electron chi connectivity index (χ4n) is 3.53. The van der Waals surface area contributed by atoms with Crippen LogP contribution in [0.5, 0.6) is 5.75 Å². The van der Waals surface area contributed by atoms with Gasteiger partial charge in [0.25, 0.3) is 0 Å². The number of ether oxygens (including phenoxy) is 1. The lowest BCUT2D eigenvalue weighted by molar-refractivity contribution is 0.100. The van der Waals surface area contributed by atoms with E-state index >= 15 is 0 Å². The lowest BCUT2D eigenvalue weighted by Crippen LogP contribution is -2.11. The van der Waals surface area contributed by atoms with Crippen molar-refractivity contribution in [2.75, 3.05) is 11.9 Å². The SMILES string of the molecule is CCOc1cnc(-n2c(C)cc3c(C(N)=O)cccc32)nc1NCc1cccc(F)c1. The highest BCUT2D eigenvalue weighted by atomic mass is 19.1. The van der Waals surface area contributed by atoms with E-state index in [1.54, 1.807) is 24.4 Å². The largest absolute Gasteiger partial charge is 0.488 e. The normalized spacial score (nSPS) is 10.9. The summed E-state index contributed by atoms with van der Waals surface area (Å²) in [5, 5.41) is 3.95. The monoisotopic (exact) mass is 419 g/mol. The third kappa shape index (κ3) is 4.05. The Labute approximate surface area is 178 Å². The summed E-state index contributed by atoms with van der Waals surface area (Å²) in [7, 11) is 0. The number of aromatic nitrogens is 3. The molecule has 0 bridgehead atoms. The third-order valence-electron chi connectivity index (χ3n) is 4.89. The van der Waals surface area contributed by atoms with Gasteiger partial charge >= 0.3 is 0 Å². The van der Waals surface area contributed by atoms with E-state index in [2.05, 4.69) is 15.3 Å². The summed E-state index contributed by atoms with van der Waals surface area (Å²) in [6, 6.07) is 13.6. The number of carbonyl (C=O) groups excluding carboxylic acids is 1. The van der Waals surface area contributed by atoms with Crippen molar-refractivity contribution in [1.82, 2.24) is 14.5 Å². The molecular formula is C23H22FN5O2. The molecular weight excluding hydrogens is 397 g/mol. The minimum atomic E-state index is -0.493. The topological polar surface area (TPSA) is 95.1 Å². The van der Waals surface area contributed by atoms with E-state index in [0.29, 0.717) is 36.2 Å². The van der Waals surface area contributed by atoms with Gasteiger partial charge in [0.05, 0.1) is 18.3 Å². The zero-order valence-electron chi connectivity index (χ0n) is 17.2. The number of benzene rings is 2. The number of amides is 1. The van der Waals surface area contributed by atoms with Crippen molar-refractivity contribution < 1.29 is 13.9 Å². The van der Waals surface area contributed by atoms with Gasteiger partial charge in [-0.1, -0.05) is 18.2 Å². The fraction of sp³-hybridized carbons (Fsp3) is 0.174. The molecule has 0 fully saturated rings. The average Bonchev–Trinajstić information content (AvgIpc) is 3.09. The summed E-state index contributed by atoms with van der Waals surface area (Å²) in [6.45, 7) is 4.60. The van der Waals surface area contributed by atoms with Crippen LogP contribution >= 0.6 is 0 Å². The molecule has 2 aromatic heterocycles. The first-order valence-electron chi connectivity index (χ1n) is 9.87. The maximum absolute atomic E-state index is 13.5. The van der Waals surface area contributed by atoms with Crippen LogP contribution in [0.15, 0.2) is 54.7 Å². The molecule has 1 amide bonds. The Morgan fingerprint density at radius 2 is 2.03 bits per heavy atom. The zero-order chi connectivity index (χ0) is 22.0. The van der Waals surface area contributed by atoms with Crippen LogP contribution in [0.3, 0.4) is 0 Å². The van der Waals surface area contributed by atoms with Crippen molar-refractivity contribution in [3.8, 4) is 11.7 Å². The number of rotatable bonds is 7. The highest BCUT2D eigenvalue weighted by Crippen LogP contribution is 2.28. The van der Waals surface area contributed by atoms with Crippen molar-refractivity contribution in [2.45, 2.75) is 20.4 Å². The lowest BCUT2D eigenvalue weighted by Gasteiger charge is -2.14. The second kappa shape index (κ2) is 8.43. The standard InChI is InChI=1S/C23H22FN5O2/c1-3-31-20-13-27-23(28-22(20)26-12-15-6-4-7-16(24)11-15)29-14(2)10-18-17(21(25)30)8-5-9-19(18)29/h4-11,13H,3,12H2,1-2H3,(H2,25,30)(H,26,27,28). The van der Waals surface area contributed by atoms with Gasteiger partial charge in [-0.25, -0.2) is 9.37 Å². The van der Waals surface area contributed by atoms with Crippen LogP contribution < -0.4 is 15.8 Å².